The maximum Gasteiger partial charge on any atom is 1.00 e. The van der Waals surface area contributed by atoms with Crippen molar-refractivity contribution >= 4 is 18.0 Å². The van der Waals surface area contributed by atoms with Crippen LogP contribution in [0.4, 0.5) is 0 Å². The Morgan fingerprint density at radius 3 is 2.00 bits per heavy atom. The van der Waals surface area contributed by atoms with Gasteiger partial charge in [0.05, 0.1) is 11.9 Å². The van der Waals surface area contributed by atoms with Gasteiger partial charge in [0, 0.05) is 5.57 Å². The minimum absolute atomic E-state index is 0. The number of rotatable bonds is 4. The van der Waals surface area contributed by atoms with Gasteiger partial charge >= 0.3 is 59.1 Å². The van der Waals surface area contributed by atoms with E-state index in [4.69, 9.17) is 0 Å². The van der Waals surface area contributed by atoms with Crippen LogP contribution in [0.3, 0.4) is 0 Å². The van der Waals surface area contributed by atoms with Crippen LogP contribution in [0.15, 0.2) is 47.6 Å². The minimum Gasteiger partial charge on any atom is -0.545 e. The molecule has 0 aliphatic carbocycles. The molecule has 0 heterocycles. The molecule has 0 saturated carbocycles. The van der Waals surface area contributed by atoms with Crippen LogP contribution >= 0.6 is 0 Å². The summed E-state index contributed by atoms with van der Waals surface area (Å²) < 4.78 is 0. The van der Waals surface area contributed by atoms with E-state index in [0.29, 0.717) is 5.56 Å². The molecule has 0 aliphatic rings. The quantitative estimate of drug-likeness (QED) is 0.311. The van der Waals surface area contributed by atoms with Crippen LogP contribution in [-0.2, 0) is 9.59 Å². The van der Waals surface area contributed by atoms with Crippen LogP contribution in [0, 0.1) is 0 Å². The number of carbonyl (C=O) groups excluding carboxylic acids is 2. The SMILES string of the molecule is CC(=CC(=O)[O-])C(=Cc1ccccc1)C(=O)[O-].[Na+].[Na+]. The number of aliphatic carboxylic acids is 2. The van der Waals surface area contributed by atoms with Gasteiger partial charge in [-0.1, -0.05) is 30.3 Å². The molecule has 6 heteroatoms. The van der Waals surface area contributed by atoms with Crippen LogP contribution in [0.5, 0.6) is 0 Å². The summed E-state index contributed by atoms with van der Waals surface area (Å²) in [5, 5.41) is 21.3. The number of carboxylic acid groups (broad SMARTS) is 2. The first-order valence-electron chi connectivity index (χ1n) is 4.88. The van der Waals surface area contributed by atoms with Gasteiger partial charge in [-0.2, -0.15) is 0 Å². The van der Waals surface area contributed by atoms with E-state index in [-0.39, 0.29) is 70.3 Å². The maximum atomic E-state index is 10.9. The average molecular weight is 276 g/mol. The van der Waals surface area contributed by atoms with Gasteiger partial charge in [0.1, 0.15) is 0 Å². The van der Waals surface area contributed by atoms with Gasteiger partial charge in [0.2, 0.25) is 0 Å². The summed E-state index contributed by atoms with van der Waals surface area (Å²) in [6.45, 7) is 1.38. The summed E-state index contributed by atoms with van der Waals surface area (Å²) >= 11 is 0. The number of carboxylic acids is 2. The first-order chi connectivity index (χ1) is 8.00. The van der Waals surface area contributed by atoms with Crippen LogP contribution in [-0.4, -0.2) is 11.9 Å². The Morgan fingerprint density at radius 2 is 1.58 bits per heavy atom. The number of hydrogen-bond donors (Lipinski definition) is 0. The van der Waals surface area contributed by atoms with Crippen molar-refractivity contribution in [1.29, 1.82) is 0 Å². The van der Waals surface area contributed by atoms with Gasteiger partial charge in [-0.05, 0) is 30.2 Å². The minimum atomic E-state index is -1.44. The van der Waals surface area contributed by atoms with Crippen molar-refractivity contribution in [1.82, 2.24) is 0 Å². The first-order valence-corrected chi connectivity index (χ1v) is 4.88. The smallest absolute Gasteiger partial charge is 0.545 e. The monoisotopic (exact) mass is 276 g/mol. The molecule has 0 atom stereocenters. The van der Waals surface area contributed by atoms with Gasteiger partial charge in [-0.3, -0.25) is 0 Å². The van der Waals surface area contributed by atoms with E-state index >= 15 is 0 Å². The molecule has 0 amide bonds. The maximum absolute atomic E-state index is 10.9. The largest absolute Gasteiger partial charge is 1.00 e. The molecule has 1 aromatic carbocycles. The van der Waals surface area contributed by atoms with Gasteiger partial charge in [-0.25, -0.2) is 0 Å². The predicted molar refractivity (Wildman–Crippen MR) is 58.2 cm³/mol. The molecule has 0 spiro atoms. The molecule has 88 valence electrons. The molecular formula is C13H10Na2O4. The van der Waals surface area contributed by atoms with E-state index in [2.05, 4.69) is 0 Å². The predicted octanol–water partition coefficient (Wildman–Crippen LogP) is -6.48. The summed E-state index contributed by atoms with van der Waals surface area (Å²) in [4.78, 5) is 21.3. The van der Waals surface area contributed by atoms with Gasteiger partial charge in [-0.15, -0.1) is 0 Å². The third kappa shape index (κ3) is 7.72. The van der Waals surface area contributed by atoms with E-state index in [1.807, 2.05) is 0 Å². The second-order valence-corrected chi connectivity index (χ2v) is 3.40. The van der Waals surface area contributed by atoms with Crippen LogP contribution in [0.1, 0.15) is 12.5 Å². The first kappa shape index (κ1) is 20.9. The van der Waals surface area contributed by atoms with E-state index in [9.17, 15) is 19.8 Å². The van der Waals surface area contributed by atoms with Gasteiger partial charge in [0.15, 0.2) is 0 Å². The number of hydrogen-bond acceptors (Lipinski definition) is 4. The summed E-state index contributed by atoms with van der Waals surface area (Å²) in [6.07, 6.45) is 2.08. The van der Waals surface area contributed by atoms with Crippen LogP contribution in [0.2, 0.25) is 0 Å². The summed E-state index contributed by atoms with van der Waals surface area (Å²) in [5.41, 5.74) is 0.548. The molecular weight excluding hydrogens is 266 g/mol. The van der Waals surface area contributed by atoms with Crippen molar-refractivity contribution in [3.63, 3.8) is 0 Å². The molecule has 4 nitrogen and oxygen atoms in total. The molecule has 0 N–H and O–H groups in total. The van der Waals surface area contributed by atoms with Crippen molar-refractivity contribution < 1.29 is 78.9 Å². The molecule has 1 rings (SSSR count). The Bertz CT molecular complexity index is 493. The van der Waals surface area contributed by atoms with Crippen molar-refractivity contribution in [3.8, 4) is 0 Å². The Kier molecular flexibility index (Phi) is 11.5. The molecule has 0 aromatic heterocycles. The van der Waals surface area contributed by atoms with Crippen molar-refractivity contribution in [2.45, 2.75) is 6.92 Å². The van der Waals surface area contributed by atoms with E-state index in [1.165, 1.54) is 13.0 Å². The Balaban J connectivity index is 0. The molecule has 19 heavy (non-hydrogen) atoms. The normalized spacial score (nSPS) is 11.0. The zero-order chi connectivity index (χ0) is 12.8. The van der Waals surface area contributed by atoms with Crippen LogP contribution < -0.4 is 69.3 Å². The summed E-state index contributed by atoms with van der Waals surface area (Å²) in [7, 11) is 0. The fourth-order valence-electron chi connectivity index (χ4n) is 1.30. The topological polar surface area (TPSA) is 80.3 Å². The second-order valence-electron chi connectivity index (χ2n) is 3.40. The molecule has 0 radical (unpaired) electrons. The number of benzene rings is 1. The molecule has 0 bridgehead atoms. The van der Waals surface area contributed by atoms with Gasteiger partial charge in [0.25, 0.3) is 0 Å². The standard InChI is InChI=1S/C13H12O4.2Na/c1-9(7-12(14)15)11(13(16)17)8-10-5-3-2-4-6-10;;/h2-8H,1H3,(H,14,15)(H,16,17);;/q;2*+1/p-2. The average Bonchev–Trinajstić information content (AvgIpc) is 2.25. The Labute approximate surface area is 155 Å². The fraction of sp³-hybridized carbons (Fsp3) is 0.0769. The fourth-order valence-corrected chi connectivity index (χ4v) is 1.30. The Morgan fingerprint density at radius 1 is 1.05 bits per heavy atom. The third-order valence-electron chi connectivity index (χ3n) is 2.09. The molecule has 1 aromatic rings. The summed E-state index contributed by atoms with van der Waals surface area (Å²) in [6, 6.07) is 8.69. The molecule has 0 unspecified atom stereocenters. The van der Waals surface area contributed by atoms with Crippen LogP contribution in [0.25, 0.3) is 6.08 Å². The van der Waals surface area contributed by atoms with E-state index in [0.717, 1.165) is 6.08 Å². The second kappa shape index (κ2) is 10.4. The molecule has 0 saturated heterocycles. The third-order valence-corrected chi connectivity index (χ3v) is 2.09. The van der Waals surface area contributed by atoms with E-state index in [1.54, 1.807) is 30.3 Å². The molecule has 0 aliphatic heterocycles. The zero-order valence-electron chi connectivity index (χ0n) is 11.2. The Hall–Kier alpha value is -0.360. The van der Waals surface area contributed by atoms with Crippen molar-refractivity contribution in [3.05, 3.63) is 53.1 Å². The van der Waals surface area contributed by atoms with Crippen molar-refractivity contribution in [2.24, 2.45) is 0 Å². The molecule has 0 fully saturated rings. The van der Waals surface area contributed by atoms with Gasteiger partial charge < -0.3 is 19.8 Å². The summed E-state index contributed by atoms with van der Waals surface area (Å²) in [5.74, 6) is -2.87. The number of carbonyl (C=O) groups is 2. The van der Waals surface area contributed by atoms with Crippen molar-refractivity contribution in [2.75, 3.05) is 0 Å². The van der Waals surface area contributed by atoms with E-state index < -0.39 is 11.9 Å². The zero-order valence-corrected chi connectivity index (χ0v) is 15.2.